The van der Waals surface area contributed by atoms with Crippen molar-refractivity contribution in [2.45, 2.75) is 26.8 Å². The maximum Gasteiger partial charge on any atom is 0.407 e. The molecule has 0 aliphatic carbocycles. The first kappa shape index (κ1) is 11.8. The largest absolute Gasteiger partial charge is 0.453 e. The van der Waals surface area contributed by atoms with Crippen molar-refractivity contribution in [3.63, 3.8) is 0 Å². The third-order valence-corrected chi connectivity index (χ3v) is 1.75. The molecule has 13 heavy (non-hydrogen) atoms. The Morgan fingerprint density at radius 3 is 2.62 bits per heavy atom. The number of alkyl carbamates (subject to hydrolysis) is 1. The topological polar surface area (TPSA) is 38.3 Å². The maximum absolute atomic E-state index is 10.8. The second-order valence-corrected chi connectivity index (χ2v) is 2.79. The predicted octanol–water partition coefficient (Wildman–Crippen LogP) is 2.25. The van der Waals surface area contributed by atoms with E-state index in [4.69, 9.17) is 0 Å². The van der Waals surface area contributed by atoms with Gasteiger partial charge in [0.25, 0.3) is 0 Å². The zero-order valence-electron chi connectivity index (χ0n) is 8.63. The first-order chi connectivity index (χ1) is 6.11. The zero-order chi connectivity index (χ0) is 10.3. The second kappa shape index (κ2) is 6.29. The van der Waals surface area contributed by atoms with E-state index >= 15 is 0 Å². The summed E-state index contributed by atoms with van der Waals surface area (Å²) < 4.78 is 4.48. The van der Waals surface area contributed by atoms with Crippen LogP contribution in [0.1, 0.15) is 20.8 Å². The molecule has 0 aromatic rings. The number of carbonyl (C=O) groups is 1. The molecule has 0 aliphatic heterocycles. The molecule has 1 unspecified atom stereocenters. The Hall–Kier alpha value is -1.25. The molecule has 1 N–H and O–H groups in total. The summed E-state index contributed by atoms with van der Waals surface area (Å²) in [5.74, 6) is 0. The Morgan fingerprint density at radius 1 is 1.54 bits per heavy atom. The van der Waals surface area contributed by atoms with Gasteiger partial charge < -0.3 is 10.1 Å². The molecule has 0 aliphatic rings. The lowest BCUT2D eigenvalue weighted by molar-refractivity contribution is 0.169. The fraction of sp³-hybridized carbons (Fsp3) is 0.500. The molecule has 0 saturated heterocycles. The highest BCUT2D eigenvalue weighted by Crippen LogP contribution is 2.00. The molecule has 74 valence electrons. The van der Waals surface area contributed by atoms with Crippen LogP contribution in [-0.2, 0) is 4.74 Å². The number of hydrogen-bond donors (Lipinski definition) is 1. The minimum atomic E-state index is -0.402. The van der Waals surface area contributed by atoms with E-state index in [-0.39, 0.29) is 6.04 Å². The summed E-state index contributed by atoms with van der Waals surface area (Å²) in [4.78, 5) is 10.8. The average molecular weight is 183 g/mol. The molecule has 0 bridgehead atoms. The average Bonchev–Trinajstić information content (AvgIpc) is 2.13. The molecule has 3 nitrogen and oxygen atoms in total. The van der Waals surface area contributed by atoms with Crippen molar-refractivity contribution in [1.82, 2.24) is 5.32 Å². The minimum Gasteiger partial charge on any atom is -0.453 e. The summed E-state index contributed by atoms with van der Waals surface area (Å²) >= 11 is 0. The van der Waals surface area contributed by atoms with E-state index < -0.39 is 6.09 Å². The standard InChI is InChI=1S/C10H17NO2/c1-5-6-7-8(2)9(3)11-10(12)13-4/h5-7,9H,1-4H3,(H,11,12). The van der Waals surface area contributed by atoms with Crippen molar-refractivity contribution in [3.8, 4) is 0 Å². The molecule has 0 aromatic carbocycles. The van der Waals surface area contributed by atoms with Gasteiger partial charge in [-0.15, -0.1) is 0 Å². The zero-order valence-corrected chi connectivity index (χ0v) is 8.63. The third kappa shape index (κ3) is 5.06. The van der Waals surface area contributed by atoms with E-state index in [1.54, 1.807) is 0 Å². The fourth-order valence-corrected chi connectivity index (χ4v) is 0.742. The number of methoxy groups -OCH3 is 1. The highest BCUT2D eigenvalue weighted by Gasteiger charge is 2.06. The van der Waals surface area contributed by atoms with Gasteiger partial charge in [0.05, 0.1) is 13.2 Å². The number of ether oxygens (including phenoxy) is 1. The monoisotopic (exact) mass is 183 g/mol. The number of amides is 1. The number of hydrogen-bond acceptors (Lipinski definition) is 2. The van der Waals surface area contributed by atoms with Gasteiger partial charge in [-0.05, 0) is 20.8 Å². The summed E-state index contributed by atoms with van der Waals surface area (Å²) in [5, 5.41) is 2.67. The quantitative estimate of drug-likeness (QED) is 0.681. The number of allylic oxidation sites excluding steroid dienone is 3. The number of carbonyl (C=O) groups excluding carboxylic acids is 1. The maximum atomic E-state index is 10.8. The van der Waals surface area contributed by atoms with Gasteiger partial charge in [-0.2, -0.15) is 0 Å². The second-order valence-electron chi connectivity index (χ2n) is 2.79. The first-order valence-electron chi connectivity index (χ1n) is 4.25. The molecule has 0 fully saturated rings. The van der Waals surface area contributed by atoms with Gasteiger partial charge in [0.1, 0.15) is 0 Å². The van der Waals surface area contributed by atoms with Crippen LogP contribution in [0.25, 0.3) is 0 Å². The van der Waals surface area contributed by atoms with Crippen molar-refractivity contribution < 1.29 is 9.53 Å². The van der Waals surface area contributed by atoms with Crippen molar-refractivity contribution in [1.29, 1.82) is 0 Å². The molecule has 3 heteroatoms. The van der Waals surface area contributed by atoms with Crippen LogP contribution >= 0.6 is 0 Å². The van der Waals surface area contributed by atoms with Crippen molar-refractivity contribution in [2.24, 2.45) is 0 Å². The summed E-state index contributed by atoms with van der Waals surface area (Å²) in [5.41, 5.74) is 1.09. The smallest absolute Gasteiger partial charge is 0.407 e. The van der Waals surface area contributed by atoms with Gasteiger partial charge in [-0.3, -0.25) is 0 Å². The molecular weight excluding hydrogens is 166 g/mol. The molecule has 0 saturated carbocycles. The van der Waals surface area contributed by atoms with Gasteiger partial charge in [0.15, 0.2) is 0 Å². The van der Waals surface area contributed by atoms with E-state index in [2.05, 4.69) is 10.1 Å². The fourth-order valence-electron chi connectivity index (χ4n) is 0.742. The Labute approximate surface area is 79.5 Å². The van der Waals surface area contributed by atoms with Gasteiger partial charge in [-0.1, -0.05) is 23.8 Å². The summed E-state index contributed by atoms with van der Waals surface area (Å²) in [6.07, 6.45) is 5.43. The Morgan fingerprint density at radius 2 is 2.15 bits per heavy atom. The lowest BCUT2D eigenvalue weighted by Gasteiger charge is -2.12. The Bertz CT molecular complexity index is 219. The Balaban J connectivity index is 4.10. The minimum absolute atomic E-state index is 0.00338. The van der Waals surface area contributed by atoms with Crippen LogP contribution in [0.3, 0.4) is 0 Å². The lowest BCUT2D eigenvalue weighted by atomic mass is 10.1. The molecule has 0 radical (unpaired) electrons. The predicted molar refractivity (Wildman–Crippen MR) is 53.6 cm³/mol. The van der Waals surface area contributed by atoms with Gasteiger partial charge >= 0.3 is 6.09 Å². The number of nitrogens with one attached hydrogen (secondary N) is 1. The normalized spacial score (nSPS) is 14.3. The van der Waals surface area contributed by atoms with Gasteiger partial charge in [-0.25, -0.2) is 4.79 Å². The molecule has 0 aromatic heterocycles. The molecule has 0 heterocycles. The van der Waals surface area contributed by atoms with Gasteiger partial charge in [0, 0.05) is 0 Å². The molecular formula is C10H17NO2. The summed E-state index contributed by atoms with van der Waals surface area (Å²) in [7, 11) is 1.35. The van der Waals surface area contributed by atoms with E-state index in [1.807, 2.05) is 39.0 Å². The lowest BCUT2D eigenvalue weighted by Crippen LogP contribution is -2.33. The summed E-state index contributed by atoms with van der Waals surface area (Å²) in [6, 6.07) is 0.00338. The molecule has 0 rings (SSSR count). The molecule has 0 spiro atoms. The highest BCUT2D eigenvalue weighted by atomic mass is 16.5. The number of rotatable bonds is 3. The van der Waals surface area contributed by atoms with E-state index in [1.165, 1.54) is 7.11 Å². The summed E-state index contributed by atoms with van der Waals surface area (Å²) in [6.45, 7) is 5.81. The highest BCUT2D eigenvalue weighted by molar-refractivity contribution is 5.67. The van der Waals surface area contributed by atoms with E-state index in [0.717, 1.165) is 5.57 Å². The van der Waals surface area contributed by atoms with Crippen LogP contribution in [0.15, 0.2) is 23.8 Å². The van der Waals surface area contributed by atoms with Crippen LogP contribution < -0.4 is 5.32 Å². The van der Waals surface area contributed by atoms with Crippen LogP contribution in [0.2, 0.25) is 0 Å². The van der Waals surface area contributed by atoms with E-state index in [9.17, 15) is 4.79 Å². The Kier molecular flexibility index (Phi) is 5.68. The van der Waals surface area contributed by atoms with E-state index in [0.29, 0.717) is 0 Å². The SMILES string of the molecule is CC=CC=C(C)C(C)NC(=O)OC. The van der Waals surface area contributed by atoms with Crippen molar-refractivity contribution >= 4 is 6.09 Å². The van der Waals surface area contributed by atoms with Crippen molar-refractivity contribution in [2.75, 3.05) is 7.11 Å². The van der Waals surface area contributed by atoms with Crippen LogP contribution in [0.5, 0.6) is 0 Å². The van der Waals surface area contributed by atoms with Crippen LogP contribution in [-0.4, -0.2) is 19.2 Å². The molecule has 1 atom stereocenters. The van der Waals surface area contributed by atoms with Crippen molar-refractivity contribution in [3.05, 3.63) is 23.8 Å². The molecule has 1 amide bonds. The first-order valence-corrected chi connectivity index (χ1v) is 4.25. The van der Waals surface area contributed by atoms with Crippen LogP contribution in [0, 0.1) is 0 Å². The van der Waals surface area contributed by atoms with Crippen LogP contribution in [0.4, 0.5) is 4.79 Å². The van der Waals surface area contributed by atoms with Gasteiger partial charge in [0.2, 0.25) is 0 Å². The third-order valence-electron chi connectivity index (χ3n) is 1.75.